The van der Waals surface area contributed by atoms with E-state index in [2.05, 4.69) is 206 Å². The summed E-state index contributed by atoms with van der Waals surface area (Å²) in [7, 11) is -0.849. The number of hydrogen-bond acceptors (Lipinski definition) is 3. The summed E-state index contributed by atoms with van der Waals surface area (Å²) in [4.78, 5) is 9.67. The van der Waals surface area contributed by atoms with Gasteiger partial charge in [0, 0.05) is 18.8 Å². The van der Waals surface area contributed by atoms with Gasteiger partial charge in [-0.3, -0.25) is 0 Å². The largest absolute Gasteiger partial charge is 2.00 e. The number of anilines is 3. The topological polar surface area (TPSA) is 24.3 Å². The van der Waals surface area contributed by atoms with Crippen molar-refractivity contribution in [3.8, 4) is 5.82 Å². The zero-order valence-corrected chi connectivity index (χ0v) is 33.6. The third kappa shape index (κ3) is 5.74. The van der Waals surface area contributed by atoms with E-state index in [9.17, 15) is 0 Å². The van der Waals surface area contributed by atoms with Crippen LogP contribution in [0.25, 0.3) is 27.6 Å². The van der Waals surface area contributed by atoms with Gasteiger partial charge in [0.2, 0.25) is 0 Å². The molecule has 1 aliphatic rings. The summed E-state index contributed by atoms with van der Waals surface area (Å²) in [6.45, 7) is 7.53. The number of para-hydroxylation sites is 3. The van der Waals surface area contributed by atoms with Gasteiger partial charge in [-0.1, -0.05) is 123 Å². The first-order valence-corrected chi connectivity index (χ1v) is 20.0. The van der Waals surface area contributed by atoms with Crippen LogP contribution in [0.15, 0.2) is 158 Å². The fraction of sp³-hybridized carbons (Fsp3) is 0.128. The molecule has 9 rings (SSSR count). The number of aromatic nitrogens is 2. The molecule has 8 aromatic rings. The first kappa shape index (κ1) is 34.8. The third-order valence-corrected chi connectivity index (χ3v) is 15.3. The quantitative estimate of drug-likeness (QED) is 0.0963. The number of nitrogens with zero attached hydrogens (tertiary/aromatic N) is 4. The van der Waals surface area contributed by atoms with Crippen LogP contribution in [-0.2, 0) is 26.5 Å². The molecule has 0 aliphatic carbocycles. The van der Waals surface area contributed by atoms with Crippen molar-refractivity contribution in [1.82, 2.24) is 9.55 Å². The van der Waals surface area contributed by atoms with Crippen LogP contribution >= 0.6 is 0 Å². The maximum absolute atomic E-state index is 4.98. The van der Waals surface area contributed by atoms with Crippen molar-refractivity contribution in [1.29, 1.82) is 0 Å². The normalized spacial score (nSPS) is 13.0. The van der Waals surface area contributed by atoms with Gasteiger partial charge in [0.15, 0.2) is 0 Å². The van der Waals surface area contributed by atoms with Gasteiger partial charge in [-0.25, -0.2) is 4.98 Å². The summed E-state index contributed by atoms with van der Waals surface area (Å²) in [6, 6.07) is 63.4. The number of rotatable bonds is 6. The van der Waals surface area contributed by atoms with E-state index in [1.807, 2.05) is 6.20 Å². The molecule has 0 N–H and O–H groups in total. The minimum absolute atomic E-state index is 0. The predicted octanol–water partition coefficient (Wildman–Crippen LogP) is 8.00. The Balaban J connectivity index is 0.00000400. The number of hydrogen-bond donors (Lipinski definition) is 0. The molecule has 0 amide bonds. The van der Waals surface area contributed by atoms with Gasteiger partial charge in [0.1, 0.15) is 13.9 Å². The van der Waals surface area contributed by atoms with E-state index < -0.39 is 8.07 Å². The fourth-order valence-electron chi connectivity index (χ4n) is 8.09. The molecule has 0 bridgehead atoms. The van der Waals surface area contributed by atoms with E-state index in [1.165, 1.54) is 48.5 Å². The standard InChI is InChI=1S/C47H40N4Si.Pt/c1-47(2,3)34-28-29-48-46(30-34)51-42-23-12-11-22-40(42)41-27-26-39(32-45(41)51)52(36-17-7-5-8-18-36,37-19-9-6-10-20-37)38-21-15-16-35(31-38)50-33-49(4)43-24-13-14-25-44(43)50;/h5-30H,33H2,1-4H3;/q-2;+2. The van der Waals surface area contributed by atoms with Crippen molar-refractivity contribution < 1.29 is 21.1 Å². The molecule has 2 aromatic heterocycles. The van der Waals surface area contributed by atoms with Crippen LogP contribution < -0.4 is 30.5 Å². The molecule has 0 unspecified atom stereocenters. The second kappa shape index (κ2) is 13.6. The molecule has 262 valence electrons. The summed E-state index contributed by atoms with van der Waals surface area (Å²) in [5.41, 5.74) is 6.89. The van der Waals surface area contributed by atoms with Gasteiger partial charge < -0.3 is 14.4 Å². The molecule has 53 heavy (non-hydrogen) atoms. The Kier molecular flexibility index (Phi) is 8.96. The van der Waals surface area contributed by atoms with Gasteiger partial charge in [-0.05, 0) is 57.1 Å². The molecule has 4 nitrogen and oxygen atoms in total. The second-order valence-electron chi connectivity index (χ2n) is 14.8. The summed E-state index contributed by atoms with van der Waals surface area (Å²) < 4.78 is 2.32. The van der Waals surface area contributed by atoms with Crippen molar-refractivity contribution in [3.63, 3.8) is 0 Å². The van der Waals surface area contributed by atoms with Gasteiger partial charge >= 0.3 is 21.1 Å². The van der Waals surface area contributed by atoms with Crippen molar-refractivity contribution >= 4 is 67.7 Å². The Labute approximate surface area is 327 Å². The monoisotopic (exact) mass is 883 g/mol. The summed E-state index contributed by atoms with van der Waals surface area (Å²) >= 11 is 0. The van der Waals surface area contributed by atoms with Gasteiger partial charge in [-0.2, -0.15) is 46.8 Å². The third-order valence-electron chi connectivity index (χ3n) is 10.7. The maximum atomic E-state index is 4.98. The van der Waals surface area contributed by atoms with Crippen LogP contribution in [0, 0.1) is 12.1 Å². The average molecular weight is 884 g/mol. The van der Waals surface area contributed by atoms with E-state index in [0.717, 1.165) is 29.2 Å². The molecule has 0 atom stereocenters. The smallest absolute Gasteiger partial charge is 0.355 e. The minimum Gasteiger partial charge on any atom is -0.355 e. The Morgan fingerprint density at radius 1 is 0.623 bits per heavy atom. The molecule has 3 heterocycles. The van der Waals surface area contributed by atoms with Crippen LogP contribution in [0.1, 0.15) is 26.3 Å². The van der Waals surface area contributed by atoms with E-state index in [-0.39, 0.29) is 26.5 Å². The van der Waals surface area contributed by atoms with Crippen molar-refractivity contribution in [2.24, 2.45) is 0 Å². The molecule has 0 fully saturated rings. The number of fused-ring (bicyclic) bond motifs is 4. The average Bonchev–Trinajstić information content (AvgIpc) is 3.70. The van der Waals surface area contributed by atoms with E-state index in [4.69, 9.17) is 4.98 Å². The van der Waals surface area contributed by atoms with Crippen LogP contribution in [0.5, 0.6) is 0 Å². The summed E-state index contributed by atoms with van der Waals surface area (Å²) in [5, 5.41) is 7.32. The summed E-state index contributed by atoms with van der Waals surface area (Å²) in [5.74, 6) is 0.907. The second-order valence-corrected chi connectivity index (χ2v) is 18.6. The SMILES string of the molecule is CN1CN(c2[c-]c([Si](c3[c-]c4c(cc3)c3ccccc3n4-c3cc(C(C)(C)C)ccn3)(c3ccccc3)c3ccccc3)ccc2)c2ccccc21.[Pt+2]. The first-order chi connectivity index (χ1) is 25.3. The molecule has 0 spiro atoms. The van der Waals surface area contributed by atoms with Crippen molar-refractivity contribution in [3.05, 3.63) is 176 Å². The molecule has 6 aromatic carbocycles. The fourth-order valence-corrected chi connectivity index (χ4v) is 12.6. The van der Waals surface area contributed by atoms with Crippen molar-refractivity contribution in [2.45, 2.75) is 26.2 Å². The van der Waals surface area contributed by atoms with E-state index >= 15 is 0 Å². The number of pyridine rings is 1. The Morgan fingerprint density at radius 3 is 1.98 bits per heavy atom. The van der Waals surface area contributed by atoms with Crippen molar-refractivity contribution in [2.75, 3.05) is 23.5 Å². The van der Waals surface area contributed by atoms with Gasteiger partial charge in [0.25, 0.3) is 0 Å². The van der Waals surface area contributed by atoms with E-state index in [1.54, 1.807) is 0 Å². The summed E-state index contributed by atoms with van der Waals surface area (Å²) in [6.07, 6.45) is 1.95. The Morgan fingerprint density at radius 2 is 1.26 bits per heavy atom. The molecule has 0 radical (unpaired) electrons. The molecule has 0 saturated carbocycles. The van der Waals surface area contributed by atoms with Crippen LogP contribution in [-0.4, -0.2) is 31.3 Å². The van der Waals surface area contributed by atoms with Gasteiger partial charge in [0.05, 0.1) is 18.0 Å². The van der Waals surface area contributed by atoms with Crippen LogP contribution in [0.2, 0.25) is 0 Å². The zero-order chi connectivity index (χ0) is 35.5. The van der Waals surface area contributed by atoms with E-state index in [0.29, 0.717) is 0 Å². The van der Waals surface area contributed by atoms with Crippen LogP contribution in [0.4, 0.5) is 17.1 Å². The predicted molar refractivity (Wildman–Crippen MR) is 220 cm³/mol. The minimum atomic E-state index is -3.01. The Hall–Kier alpha value is -5.22. The molecular formula is C47H40N4PtSi. The van der Waals surface area contributed by atoms with Gasteiger partial charge in [-0.15, -0.1) is 11.5 Å². The zero-order valence-electron chi connectivity index (χ0n) is 30.3. The molecule has 6 heteroatoms. The van der Waals surface area contributed by atoms with Crippen LogP contribution in [0.3, 0.4) is 0 Å². The Bertz CT molecular complexity index is 2540. The molecule has 1 aliphatic heterocycles. The molecular weight excluding hydrogens is 844 g/mol. The maximum Gasteiger partial charge on any atom is 2.00 e. The first-order valence-electron chi connectivity index (χ1n) is 18.0. The number of benzene rings is 6. The molecule has 0 saturated heterocycles.